The molecule has 1 aliphatic rings. The Morgan fingerprint density at radius 3 is 2.80 bits per heavy atom. The first-order chi connectivity index (χ1) is 9.81. The Morgan fingerprint density at radius 1 is 1.30 bits per heavy atom. The molecule has 106 valence electrons. The Morgan fingerprint density at radius 2 is 2.05 bits per heavy atom. The van der Waals surface area contributed by atoms with Gasteiger partial charge in [0.05, 0.1) is 0 Å². The highest BCUT2D eigenvalue weighted by Gasteiger charge is 2.28. The van der Waals surface area contributed by atoms with Crippen LogP contribution in [0.15, 0.2) is 24.5 Å². The molecule has 0 spiro atoms. The molecule has 2 unspecified atom stereocenters. The third-order valence-electron chi connectivity index (χ3n) is 3.95. The largest absolute Gasteiger partial charge is 0.296 e. The monoisotopic (exact) mass is 306 g/mol. The predicted molar refractivity (Wildman–Crippen MR) is 85.5 cm³/mol. The normalized spacial score (nSPS) is 22.9. The second-order valence-electron chi connectivity index (χ2n) is 5.08. The van der Waals surface area contributed by atoms with Crippen LogP contribution in [0.1, 0.15) is 31.7 Å². The number of rotatable bonds is 3. The maximum Gasteiger partial charge on any atom is 0.195 e. The maximum absolute atomic E-state index is 5.47. The molecular formula is C14H18N4S2. The molecule has 0 aromatic carbocycles. The lowest BCUT2D eigenvalue weighted by molar-refractivity contribution is 0.364. The van der Waals surface area contributed by atoms with Crippen molar-refractivity contribution in [2.75, 3.05) is 6.26 Å². The minimum atomic E-state index is 0.438. The maximum atomic E-state index is 5.47. The van der Waals surface area contributed by atoms with Crippen LogP contribution in [-0.2, 0) is 0 Å². The fourth-order valence-electron chi connectivity index (χ4n) is 2.96. The minimum Gasteiger partial charge on any atom is -0.296 e. The van der Waals surface area contributed by atoms with E-state index >= 15 is 0 Å². The van der Waals surface area contributed by atoms with Gasteiger partial charge in [0.2, 0.25) is 0 Å². The number of hydrogen-bond donors (Lipinski definition) is 1. The van der Waals surface area contributed by atoms with Gasteiger partial charge in [-0.3, -0.25) is 14.6 Å². The molecule has 1 saturated carbocycles. The number of aromatic amines is 1. The molecule has 1 fully saturated rings. The highest BCUT2D eigenvalue weighted by atomic mass is 32.2. The topological polar surface area (TPSA) is 46.5 Å². The van der Waals surface area contributed by atoms with Crippen molar-refractivity contribution in [2.45, 2.75) is 37.0 Å². The van der Waals surface area contributed by atoms with Crippen LogP contribution in [0.4, 0.5) is 0 Å². The summed E-state index contributed by atoms with van der Waals surface area (Å²) in [5.41, 5.74) is 1.07. The van der Waals surface area contributed by atoms with Gasteiger partial charge in [-0.05, 0) is 43.4 Å². The molecule has 0 amide bonds. The van der Waals surface area contributed by atoms with Crippen LogP contribution >= 0.6 is 24.0 Å². The van der Waals surface area contributed by atoms with Gasteiger partial charge < -0.3 is 0 Å². The summed E-state index contributed by atoms with van der Waals surface area (Å²) >= 11 is 7.42. The van der Waals surface area contributed by atoms with Crippen molar-refractivity contribution < 1.29 is 0 Å². The van der Waals surface area contributed by atoms with E-state index in [4.69, 9.17) is 12.2 Å². The number of H-pyrrole nitrogens is 1. The van der Waals surface area contributed by atoms with Crippen LogP contribution in [0.3, 0.4) is 0 Å². The number of hydrogen-bond acceptors (Lipinski definition) is 4. The molecule has 1 aliphatic carbocycles. The molecule has 0 radical (unpaired) electrons. The summed E-state index contributed by atoms with van der Waals surface area (Å²) < 4.78 is 2.94. The number of nitrogens with zero attached hydrogens (tertiary/aromatic N) is 3. The minimum absolute atomic E-state index is 0.438. The van der Waals surface area contributed by atoms with Crippen LogP contribution in [0.2, 0.25) is 0 Å². The Hall–Kier alpha value is -1.14. The first-order valence-electron chi connectivity index (χ1n) is 6.91. The summed E-state index contributed by atoms with van der Waals surface area (Å²) in [5, 5.41) is 8.02. The molecular weight excluding hydrogens is 288 g/mol. The van der Waals surface area contributed by atoms with E-state index in [-0.39, 0.29) is 0 Å². The van der Waals surface area contributed by atoms with Crippen molar-refractivity contribution in [1.29, 1.82) is 0 Å². The first kappa shape index (κ1) is 13.8. The fraction of sp³-hybridized carbons (Fsp3) is 0.500. The summed E-state index contributed by atoms with van der Waals surface area (Å²) in [7, 11) is 0. The van der Waals surface area contributed by atoms with Crippen LogP contribution in [0, 0.1) is 4.77 Å². The zero-order valence-corrected chi connectivity index (χ0v) is 13.1. The van der Waals surface area contributed by atoms with Gasteiger partial charge in [-0.25, -0.2) is 0 Å². The Labute approximate surface area is 128 Å². The molecule has 2 aromatic heterocycles. The van der Waals surface area contributed by atoms with Crippen LogP contribution in [-0.4, -0.2) is 31.3 Å². The summed E-state index contributed by atoms with van der Waals surface area (Å²) in [6.07, 6.45) is 10.8. The number of thioether (sulfide) groups is 1. The zero-order chi connectivity index (χ0) is 13.9. The molecule has 20 heavy (non-hydrogen) atoms. The van der Waals surface area contributed by atoms with E-state index in [1.165, 1.54) is 25.7 Å². The van der Waals surface area contributed by atoms with Crippen molar-refractivity contribution in [3.05, 3.63) is 29.3 Å². The Balaban J connectivity index is 2.05. The third kappa shape index (κ3) is 2.54. The lowest BCUT2D eigenvalue weighted by Gasteiger charge is -2.31. The van der Waals surface area contributed by atoms with E-state index in [0.29, 0.717) is 11.3 Å². The molecule has 4 nitrogen and oxygen atoms in total. The molecule has 0 bridgehead atoms. The SMILES string of the molecule is CSC1CCCCC1n1c(-c2ccncc2)n[nH]c1=S. The quantitative estimate of drug-likeness (QED) is 0.875. The van der Waals surface area contributed by atoms with Crippen LogP contribution in [0.5, 0.6) is 0 Å². The second-order valence-corrected chi connectivity index (χ2v) is 6.55. The number of aromatic nitrogens is 4. The van der Waals surface area contributed by atoms with E-state index in [2.05, 4.69) is 26.0 Å². The lowest BCUT2D eigenvalue weighted by Crippen LogP contribution is -2.26. The van der Waals surface area contributed by atoms with Gasteiger partial charge in [0, 0.05) is 29.2 Å². The molecule has 0 saturated heterocycles. The fourth-order valence-corrected chi connectivity index (χ4v) is 4.21. The van der Waals surface area contributed by atoms with Crippen molar-refractivity contribution >= 4 is 24.0 Å². The van der Waals surface area contributed by atoms with E-state index in [9.17, 15) is 0 Å². The third-order valence-corrected chi connectivity index (χ3v) is 5.39. The smallest absolute Gasteiger partial charge is 0.195 e. The van der Waals surface area contributed by atoms with Gasteiger partial charge in [0.1, 0.15) is 0 Å². The van der Waals surface area contributed by atoms with Gasteiger partial charge in [-0.15, -0.1) is 0 Å². The van der Waals surface area contributed by atoms with Crippen molar-refractivity contribution in [1.82, 2.24) is 19.7 Å². The Kier molecular flexibility index (Phi) is 4.21. The summed E-state index contributed by atoms with van der Waals surface area (Å²) in [5.74, 6) is 0.934. The Bertz CT molecular complexity index is 620. The molecule has 0 aliphatic heterocycles. The van der Waals surface area contributed by atoms with Gasteiger partial charge in [-0.2, -0.15) is 16.9 Å². The predicted octanol–water partition coefficient (Wildman–Crippen LogP) is 3.85. The van der Waals surface area contributed by atoms with Crippen molar-refractivity contribution in [2.24, 2.45) is 0 Å². The zero-order valence-electron chi connectivity index (χ0n) is 11.5. The van der Waals surface area contributed by atoms with Crippen molar-refractivity contribution in [3.63, 3.8) is 0 Å². The molecule has 3 rings (SSSR count). The summed E-state index contributed by atoms with van der Waals surface area (Å²) in [6.45, 7) is 0. The van der Waals surface area contributed by atoms with Crippen LogP contribution < -0.4 is 0 Å². The average molecular weight is 306 g/mol. The highest BCUT2D eigenvalue weighted by Crippen LogP contribution is 2.37. The molecule has 1 N–H and O–H groups in total. The second kappa shape index (κ2) is 6.10. The van der Waals surface area contributed by atoms with Crippen LogP contribution in [0.25, 0.3) is 11.4 Å². The average Bonchev–Trinajstić information content (AvgIpc) is 2.89. The molecule has 6 heteroatoms. The lowest BCUT2D eigenvalue weighted by atomic mass is 9.94. The summed E-state index contributed by atoms with van der Waals surface area (Å²) in [4.78, 5) is 4.07. The highest BCUT2D eigenvalue weighted by molar-refractivity contribution is 7.99. The molecule has 2 atom stereocenters. The van der Waals surface area contributed by atoms with E-state index in [1.54, 1.807) is 12.4 Å². The standard InChI is InChI=1S/C14H18N4S2/c1-20-12-5-3-2-4-11(12)18-13(16-17-14(18)19)10-6-8-15-9-7-10/h6-9,11-12H,2-5H2,1H3,(H,17,19). The van der Waals surface area contributed by atoms with Gasteiger partial charge in [0.25, 0.3) is 0 Å². The number of pyridine rings is 1. The molecule has 2 aromatic rings. The summed E-state index contributed by atoms with van der Waals surface area (Å²) in [6, 6.07) is 4.41. The van der Waals surface area contributed by atoms with E-state index < -0.39 is 0 Å². The number of nitrogens with one attached hydrogen (secondary N) is 1. The van der Waals surface area contributed by atoms with E-state index in [0.717, 1.165) is 16.2 Å². The van der Waals surface area contributed by atoms with Gasteiger partial charge >= 0.3 is 0 Å². The van der Waals surface area contributed by atoms with E-state index in [1.807, 2.05) is 23.9 Å². The molecule has 2 heterocycles. The van der Waals surface area contributed by atoms with Gasteiger partial charge in [-0.1, -0.05) is 12.8 Å². The first-order valence-corrected chi connectivity index (χ1v) is 8.61. The van der Waals surface area contributed by atoms with Gasteiger partial charge in [0.15, 0.2) is 10.6 Å². The van der Waals surface area contributed by atoms with Crippen molar-refractivity contribution in [3.8, 4) is 11.4 Å².